The Balaban J connectivity index is 1.22. The van der Waals surface area contributed by atoms with Crippen molar-refractivity contribution in [3.63, 3.8) is 0 Å². The summed E-state index contributed by atoms with van der Waals surface area (Å²) in [6.45, 7) is 3.73. The maximum atomic E-state index is 12.7. The maximum absolute atomic E-state index is 12.7. The molecule has 6 heteroatoms. The smallest absolute Gasteiger partial charge is 0.232 e. The van der Waals surface area contributed by atoms with Crippen LogP contribution in [0.4, 0.5) is 5.69 Å². The molecular formula is C27H34N2O3S. The number of benzene rings is 3. The first-order valence-corrected chi connectivity index (χ1v) is 13.5. The van der Waals surface area contributed by atoms with E-state index in [0.717, 1.165) is 54.4 Å². The highest BCUT2D eigenvalue weighted by Crippen LogP contribution is 2.32. The van der Waals surface area contributed by atoms with Gasteiger partial charge in [-0.25, -0.2) is 8.42 Å². The zero-order valence-electron chi connectivity index (χ0n) is 19.6. The third-order valence-electron chi connectivity index (χ3n) is 6.61. The van der Waals surface area contributed by atoms with E-state index in [1.807, 2.05) is 49.4 Å². The van der Waals surface area contributed by atoms with Crippen molar-refractivity contribution in [2.24, 2.45) is 5.92 Å². The minimum atomic E-state index is -3.39. The zero-order valence-corrected chi connectivity index (χ0v) is 20.4. The Labute approximate surface area is 197 Å². The van der Waals surface area contributed by atoms with Gasteiger partial charge in [0.1, 0.15) is 5.75 Å². The fourth-order valence-electron chi connectivity index (χ4n) is 4.76. The Bertz CT molecular complexity index is 1190. The van der Waals surface area contributed by atoms with Gasteiger partial charge in [-0.1, -0.05) is 48.5 Å². The summed E-state index contributed by atoms with van der Waals surface area (Å²) in [5.41, 5.74) is 4.38. The number of hydrogen-bond donors (Lipinski definition) is 2. The fraction of sp³-hybridized carbons (Fsp3) is 0.407. The van der Waals surface area contributed by atoms with Crippen LogP contribution >= 0.6 is 0 Å². The number of methoxy groups -OCH3 is 1. The Morgan fingerprint density at radius 1 is 1.03 bits per heavy atom. The number of unbranched alkanes of at least 4 members (excludes halogenated alkanes) is 1. The molecule has 0 amide bonds. The van der Waals surface area contributed by atoms with Gasteiger partial charge in [0.25, 0.3) is 0 Å². The van der Waals surface area contributed by atoms with E-state index in [1.165, 1.54) is 17.5 Å². The summed E-state index contributed by atoms with van der Waals surface area (Å²) in [5.74, 6) is 1.72. The van der Waals surface area contributed by atoms with Crippen LogP contribution < -0.4 is 14.8 Å². The molecule has 5 nitrogen and oxygen atoms in total. The lowest BCUT2D eigenvalue weighted by molar-refractivity contribution is 0.383. The van der Waals surface area contributed by atoms with E-state index < -0.39 is 10.0 Å². The van der Waals surface area contributed by atoms with Crippen molar-refractivity contribution in [3.8, 4) is 5.75 Å². The lowest BCUT2D eigenvalue weighted by atomic mass is 9.83. The summed E-state index contributed by atoms with van der Waals surface area (Å²) in [7, 11) is -1.65. The highest BCUT2D eigenvalue weighted by atomic mass is 32.2. The molecule has 4 rings (SSSR count). The van der Waals surface area contributed by atoms with Crippen LogP contribution in [0.1, 0.15) is 36.0 Å². The third-order valence-corrected chi connectivity index (χ3v) is 7.95. The van der Waals surface area contributed by atoms with Gasteiger partial charge in [-0.3, -0.25) is 4.72 Å². The van der Waals surface area contributed by atoms with Gasteiger partial charge < -0.3 is 10.1 Å². The zero-order chi connectivity index (χ0) is 23.3. The number of rotatable bonds is 10. The third kappa shape index (κ3) is 5.87. The lowest BCUT2D eigenvalue weighted by Gasteiger charge is -2.26. The van der Waals surface area contributed by atoms with Crippen LogP contribution in [0, 0.1) is 12.8 Å². The molecule has 1 aliphatic carbocycles. The molecular weight excluding hydrogens is 432 g/mol. The molecule has 0 aromatic heterocycles. The van der Waals surface area contributed by atoms with Gasteiger partial charge in [-0.2, -0.15) is 0 Å². The Hall–Kier alpha value is -2.57. The van der Waals surface area contributed by atoms with Crippen LogP contribution in [-0.4, -0.2) is 34.4 Å². The first-order chi connectivity index (χ1) is 16.0. The van der Waals surface area contributed by atoms with Crippen molar-refractivity contribution in [3.05, 3.63) is 71.3 Å². The summed E-state index contributed by atoms with van der Waals surface area (Å²) in [6.07, 6.45) is 4.77. The van der Waals surface area contributed by atoms with Gasteiger partial charge >= 0.3 is 0 Å². The minimum Gasteiger partial charge on any atom is -0.496 e. The monoisotopic (exact) mass is 466 g/mol. The predicted octanol–water partition coefficient (Wildman–Crippen LogP) is 5.07. The fourth-order valence-corrected chi connectivity index (χ4v) is 6.03. The first-order valence-electron chi connectivity index (χ1n) is 11.8. The van der Waals surface area contributed by atoms with Crippen LogP contribution in [0.2, 0.25) is 0 Å². The molecule has 0 heterocycles. The molecule has 1 atom stereocenters. The van der Waals surface area contributed by atoms with E-state index in [-0.39, 0.29) is 5.75 Å². The quantitative estimate of drug-likeness (QED) is 0.409. The van der Waals surface area contributed by atoms with E-state index in [1.54, 1.807) is 7.11 Å². The molecule has 2 N–H and O–H groups in total. The Kier molecular flexibility index (Phi) is 7.56. The van der Waals surface area contributed by atoms with Crippen LogP contribution in [0.25, 0.3) is 10.8 Å². The van der Waals surface area contributed by atoms with Crippen molar-refractivity contribution >= 4 is 26.5 Å². The Morgan fingerprint density at radius 2 is 1.88 bits per heavy atom. The number of nitrogens with one attached hydrogen (secondary N) is 2. The SMILES string of the molecule is COc1cccc2c1CC(CNCCCCS(=O)(=O)Nc1c(C)ccc3ccccc13)CC2. The molecule has 0 fully saturated rings. The average Bonchev–Trinajstić information content (AvgIpc) is 2.82. The minimum absolute atomic E-state index is 0.130. The van der Waals surface area contributed by atoms with Crippen molar-refractivity contribution in [2.75, 3.05) is 30.7 Å². The van der Waals surface area contributed by atoms with Gasteiger partial charge in [-0.15, -0.1) is 0 Å². The molecule has 1 unspecified atom stereocenters. The number of anilines is 1. The number of sulfonamides is 1. The summed E-state index contributed by atoms with van der Waals surface area (Å²) in [5, 5.41) is 5.51. The predicted molar refractivity (Wildman–Crippen MR) is 137 cm³/mol. The van der Waals surface area contributed by atoms with Crippen molar-refractivity contribution in [1.82, 2.24) is 5.32 Å². The molecule has 3 aromatic carbocycles. The lowest BCUT2D eigenvalue weighted by Crippen LogP contribution is -2.28. The van der Waals surface area contributed by atoms with Crippen molar-refractivity contribution in [2.45, 2.75) is 39.0 Å². The van der Waals surface area contributed by atoms with Crippen LogP contribution in [0.3, 0.4) is 0 Å². The van der Waals surface area contributed by atoms with Crippen LogP contribution in [0.5, 0.6) is 5.75 Å². The standard InChI is InChI=1S/C27H34N2O3S/c1-20-12-14-22-8-3-4-10-24(22)27(20)29-33(30,31)17-6-5-16-28-19-21-13-15-23-9-7-11-26(32-2)25(23)18-21/h3-4,7-12,14,21,28-29H,5-6,13,15-19H2,1-2H3. The molecule has 33 heavy (non-hydrogen) atoms. The molecule has 0 saturated heterocycles. The van der Waals surface area contributed by atoms with E-state index in [0.29, 0.717) is 18.0 Å². The molecule has 0 spiro atoms. The second kappa shape index (κ2) is 10.6. The molecule has 0 radical (unpaired) electrons. The first kappa shape index (κ1) is 23.6. The summed E-state index contributed by atoms with van der Waals surface area (Å²) < 4.78 is 33.8. The number of ether oxygens (including phenoxy) is 1. The molecule has 0 saturated carbocycles. The van der Waals surface area contributed by atoms with Crippen molar-refractivity contribution < 1.29 is 13.2 Å². The summed E-state index contributed by atoms with van der Waals surface area (Å²) in [4.78, 5) is 0. The largest absolute Gasteiger partial charge is 0.496 e. The second-order valence-corrected chi connectivity index (χ2v) is 10.9. The summed E-state index contributed by atoms with van der Waals surface area (Å²) >= 11 is 0. The number of fused-ring (bicyclic) bond motifs is 2. The van der Waals surface area contributed by atoms with E-state index >= 15 is 0 Å². The molecule has 176 valence electrons. The van der Waals surface area contributed by atoms with Gasteiger partial charge in [0, 0.05) is 5.39 Å². The highest BCUT2D eigenvalue weighted by Gasteiger charge is 2.21. The summed E-state index contributed by atoms with van der Waals surface area (Å²) in [6, 6.07) is 18.2. The van der Waals surface area contributed by atoms with Crippen molar-refractivity contribution in [1.29, 1.82) is 0 Å². The van der Waals surface area contributed by atoms with Gasteiger partial charge in [0.15, 0.2) is 0 Å². The van der Waals surface area contributed by atoms with Crippen LogP contribution in [-0.2, 0) is 22.9 Å². The molecule has 1 aliphatic rings. The van der Waals surface area contributed by atoms with Crippen LogP contribution in [0.15, 0.2) is 54.6 Å². The van der Waals surface area contributed by atoms with Gasteiger partial charge in [-0.05, 0) is 86.2 Å². The topological polar surface area (TPSA) is 67.4 Å². The molecule has 3 aromatic rings. The van der Waals surface area contributed by atoms with Gasteiger partial charge in [0.05, 0.1) is 18.6 Å². The normalized spacial score (nSPS) is 15.9. The average molecular weight is 467 g/mol. The van der Waals surface area contributed by atoms with E-state index in [4.69, 9.17) is 4.74 Å². The number of aryl methyl sites for hydroxylation is 2. The van der Waals surface area contributed by atoms with Gasteiger partial charge in [0.2, 0.25) is 10.0 Å². The highest BCUT2D eigenvalue weighted by molar-refractivity contribution is 7.92. The molecule has 0 bridgehead atoms. The second-order valence-electron chi connectivity index (χ2n) is 9.02. The van der Waals surface area contributed by atoms with E-state index in [2.05, 4.69) is 22.2 Å². The number of hydrogen-bond acceptors (Lipinski definition) is 4. The Morgan fingerprint density at radius 3 is 2.73 bits per heavy atom. The maximum Gasteiger partial charge on any atom is 0.232 e. The van der Waals surface area contributed by atoms with E-state index in [9.17, 15) is 8.42 Å². The molecule has 0 aliphatic heterocycles.